The molecule has 1 fully saturated rings. The maximum atomic E-state index is 12.7. The SMILES string of the molecule is CC(C)NC(=O)C1CCCN(S(=O)(=O)Cc2c(Cl)cccc2Cl)C1. The molecule has 2 rings (SSSR count). The van der Waals surface area contributed by atoms with Crippen molar-refractivity contribution < 1.29 is 13.2 Å². The van der Waals surface area contributed by atoms with Gasteiger partial charge < -0.3 is 5.32 Å². The summed E-state index contributed by atoms with van der Waals surface area (Å²) >= 11 is 12.2. The second-order valence-electron chi connectivity index (χ2n) is 6.32. The molecule has 1 unspecified atom stereocenters. The third-order valence-corrected chi connectivity index (χ3v) is 6.45. The van der Waals surface area contributed by atoms with Crippen molar-refractivity contribution in [2.45, 2.75) is 38.5 Å². The molecule has 0 aliphatic carbocycles. The van der Waals surface area contributed by atoms with Crippen molar-refractivity contribution in [3.63, 3.8) is 0 Å². The van der Waals surface area contributed by atoms with Crippen LogP contribution in [-0.2, 0) is 20.6 Å². The van der Waals surface area contributed by atoms with E-state index in [0.717, 1.165) is 0 Å². The van der Waals surface area contributed by atoms with Crippen LogP contribution in [0.3, 0.4) is 0 Å². The van der Waals surface area contributed by atoms with E-state index in [1.165, 1.54) is 4.31 Å². The van der Waals surface area contributed by atoms with Gasteiger partial charge in [-0.3, -0.25) is 4.79 Å². The maximum Gasteiger partial charge on any atom is 0.224 e. The van der Waals surface area contributed by atoms with E-state index < -0.39 is 10.0 Å². The largest absolute Gasteiger partial charge is 0.354 e. The van der Waals surface area contributed by atoms with Gasteiger partial charge in [0.2, 0.25) is 15.9 Å². The van der Waals surface area contributed by atoms with Gasteiger partial charge >= 0.3 is 0 Å². The van der Waals surface area contributed by atoms with Gasteiger partial charge in [0.1, 0.15) is 0 Å². The minimum atomic E-state index is -3.59. The third kappa shape index (κ3) is 4.85. The molecule has 0 saturated carbocycles. The molecule has 1 N–H and O–H groups in total. The van der Waals surface area contributed by atoms with E-state index in [2.05, 4.69) is 5.32 Å². The van der Waals surface area contributed by atoms with E-state index in [-0.39, 0.29) is 30.2 Å². The minimum Gasteiger partial charge on any atom is -0.354 e. The highest BCUT2D eigenvalue weighted by Gasteiger charge is 2.33. The number of amides is 1. The fourth-order valence-electron chi connectivity index (χ4n) is 2.76. The number of carbonyl (C=O) groups excluding carboxylic acids is 1. The lowest BCUT2D eigenvalue weighted by atomic mass is 9.98. The summed E-state index contributed by atoms with van der Waals surface area (Å²) in [5, 5.41) is 3.51. The van der Waals surface area contributed by atoms with Crippen LogP contribution in [0.4, 0.5) is 0 Å². The van der Waals surface area contributed by atoms with Gasteiger partial charge in [-0.2, -0.15) is 0 Å². The summed E-state index contributed by atoms with van der Waals surface area (Å²) in [5.41, 5.74) is 0.398. The zero-order valence-electron chi connectivity index (χ0n) is 13.8. The van der Waals surface area contributed by atoms with Crippen molar-refractivity contribution in [2.24, 2.45) is 5.92 Å². The zero-order chi connectivity index (χ0) is 17.9. The summed E-state index contributed by atoms with van der Waals surface area (Å²) in [4.78, 5) is 12.2. The molecule has 1 saturated heterocycles. The maximum absolute atomic E-state index is 12.7. The van der Waals surface area contributed by atoms with E-state index in [0.29, 0.717) is 35.0 Å². The Morgan fingerprint density at radius 2 is 1.96 bits per heavy atom. The summed E-state index contributed by atoms with van der Waals surface area (Å²) in [6.07, 6.45) is 1.35. The van der Waals surface area contributed by atoms with Crippen LogP contribution >= 0.6 is 23.2 Å². The van der Waals surface area contributed by atoms with E-state index in [9.17, 15) is 13.2 Å². The van der Waals surface area contributed by atoms with Crippen LogP contribution in [0, 0.1) is 5.92 Å². The molecule has 1 aromatic rings. The molecule has 1 aromatic carbocycles. The van der Waals surface area contributed by atoms with Crippen molar-refractivity contribution in [1.82, 2.24) is 9.62 Å². The van der Waals surface area contributed by atoms with Crippen LogP contribution in [-0.4, -0.2) is 37.8 Å². The van der Waals surface area contributed by atoms with Gasteiger partial charge in [-0.15, -0.1) is 0 Å². The van der Waals surface area contributed by atoms with E-state index in [1.54, 1.807) is 18.2 Å². The van der Waals surface area contributed by atoms with Gasteiger partial charge in [0, 0.05) is 34.7 Å². The second-order valence-corrected chi connectivity index (χ2v) is 9.10. The Morgan fingerprint density at radius 1 is 1.33 bits per heavy atom. The number of carbonyl (C=O) groups is 1. The summed E-state index contributed by atoms with van der Waals surface area (Å²) in [6, 6.07) is 4.95. The summed E-state index contributed by atoms with van der Waals surface area (Å²) < 4.78 is 26.8. The third-order valence-electron chi connectivity index (χ3n) is 3.97. The second kappa shape index (κ2) is 8.04. The van der Waals surface area contributed by atoms with Crippen molar-refractivity contribution in [3.05, 3.63) is 33.8 Å². The Balaban J connectivity index is 2.13. The Morgan fingerprint density at radius 3 is 2.54 bits per heavy atom. The highest BCUT2D eigenvalue weighted by atomic mass is 35.5. The molecular weight excluding hydrogens is 371 g/mol. The number of nitrogens with zero attached hydrogens (tertiary/aromatic N) is 1. The Hall–Kier alpha value is -0.820. The predicted molar refractivity (Wildman–Crippen MR) is 96.7 cm³/mol. The van der Waals surface area contributed by atoms with Crippen LogP contribution in [0.5, 0.6) is 0 Å². The number of sulfonamides is 1. The van der Waals surface area contributed by atoms with Gasteiger partial charge in [0.05, 0.1) is 11.7 Å². The highest BCUT2D eigenvalue weighted by Crippen LogP contribution is 2.29. The number of nitrogens with one attached hydrogen (secondary N) is 1. The lowest BCUT2D eigenvalue weighted by Crippen LogP contribution is -2.46. The molecule has 1 atom stereocenters. The van der Waals surface area contributed by atoms with Crippen LogP contribution in [0.15, 0.2) is 18.2 Å². The molecule has 0 aromatic heterocycles. The van der Waals surface area contributed by atoms with Crippen molar-refractivity contribution in [2.75, 3.05) is 13.1 Å². The van der Waals surface area contributed by atoms with Crippen molar-refractivity contribution in [1.29, 1.82) is 0 Å². The monoisotopic (exact) mass is 392 g/mol. The van der Waals surface area contributed by atoms with Crippen LogP contribution in [0.2, 0.25) is 10.0 Å². The molecule has 0 spiro atoms. The van der Waals surface area contributed by atoms with Gasteiger partial charge in [0.25, 0.3) is 0 Å². The number of halogens is 2. The zero-order valence-corrected chi connectivity index (χ0v) is 16.1. The first kappa shape index (κ1) is 19.5. The number of rotatable bonds is 5. The standard InChI is InChI=1S/C16H22Cl2N2O3S/c1-11(2)19-16(21)12-5-4-8-20(9-12)24(22,23)10-13-14(17)6-3-7-15(13)18/h3,6-7,11-12H,4-5,8-10H2,1-2H3,(H,19,21). The van der Waals surface area contributed by atoms with E-state index in [1.807, 2.05) is 13.8 Å². The van der Waals surface area contributed by atoms with Gasteiger partial charge in [-0.1, -0.05) is 29.3 Å². The fourth-order valence-corrected chi connectivity index (χ4v) is 5.12. The number of benzene rings is 1. The first-order valence-corrected chi connectivity index (χ1v) is 10.3. The quantitative estimate of drug-likeness (QED) is 0.836. The van der Waals surface area contributed by atoms with Crippen molar-refractivity contribution in [3.8, 4) is 0 Å². The van der Waals surface area contributed by atoms with Crippen LogP contribution < -0.4 is 5.32 Å². The molecule has 134 valence electrons. The molecule has 24 heavy (non-hydrogen) atoms. The molecule has 0 radical (unpaired) electrons. The number of piperidine rings is 1. The lowest BCUT2D eigenvalue weighted by Gasteiger charge is -2.31. The number of hydrogen-bond acceptors (Lipinski definition) is 3. The lowest BCUT2D eigenvalue weighted by molar-refractivity contribution is -0.126. The summed E-state index contributed by atoms with van der Waals surface area (Å²) in [5.74, 6) is -0.678. The van der Waals surface area contributed by atoms with E-state index >= 15 is 0 Å². The molecule has 1 amide bonds. The average molecular weight is 393 g/mol. The average Bonchev–Trinajstić information content (AvgIpc) is 2.50. The molecular formula is C16H22Cl2N2O3S. The van der Waals surface area contributed by atoms with E-state index in [4.69, 9.17) is 23.2 Å². The van der Waals surface area contributed by atoms with Gasteiger partial charge in [-0.25, -0.2) is 12.7 Å². The molecule has 1 aliphatic heterocycles. The van der Waals surface area contributed by atoms with Crippen LogP contribution in [0.1, 0.15) is 32.3 Å². The first-order valence-electron chi connectivity index (χ1n) is 7.92. The molecule has 0 bridgehead atoms. The van der Waals surface area contributed by atoms with Gasteiger partial charge in [-0.05, 0) is 38.8 Å². The first-order chi connectivity index (χ1) is 11.2. The molecule has 8 heteroatoms. The Labute approximate surface area is 153 Å². The highest BCUT2D eigenvalue weighted by molar-refractivity contribution is 7.88. The summed E-state index contributed by atoms with van der Waals surface area (Å²) in [6.45, 7) is 4.38. The molecule has 1 aliphatic rings. The summed E-state index contributed by atoms with van der Waals surface area (Å²) in [7, 11) is -3.59. The van der Waals surface area contributed by atoms with Crippen molar-refractivity contribution >= 4 is 39.1 Å². The minimum absolute atomic E-state index is 0.0337. The predicted octanol–water partition coefficient (Wildman–Crippen LogP) is 3.06. The fraction of sp³-hybridized carbons (Fsp3) is 0.562. The Kier molecular flexibility index (Phi) is 6.53. The number of hydrogen-bond donors (Lipinski definition) is 1. The topological polar surface area (TPSA) is 66.5 Å². The van der Waals surface area contributed by atoms with Crippen LogP contribution in [0.25, 0.3) is 0 Å². The molecule has 5 nitrogen and oxygen atoms in total. The van der Waals surface area contributed by atoms with Gasteiger partial charge in [0.15, 0.2) is 0 Å². The molecule has 1 heterocycles. The Bertz CT molecular complexity index is 687. The smallest absolute Gasteiger partial charge is 0.224 e. The normalized spacial score (nSPS) is 19.5.